The zero-order valence-corrected chi connectivity index (χ0v) is 12.2. The summed E-state index contributed by atoms with van der Waals surface area (Å²) in [6.45, 7) is 0. The highest BCUT2D eigenvalue weighted by Crippen LogP contribution is 2.26. The van der Waals surface area contributed by atoms with Crippen molar-refractivity contribution in [3.05, 3.63) is 24.3 Å². The maximum Gasteiger partial charge on any atom is 0.573 e. The number of rotatable bonds is 4. The van der Waals surface area contributed by atoms with E-state index in [9.17, 15) is 26.4 Å². The van der Waals surface area contributed by atoms with Gasteiger partial charge in [-0.3, -0.25) is 4.79 Å². The molecule has 1 unspecified atom stereocenters. The summed E-state index contributed by atoms with van der Waals surface area (Å²) < 4.78 is 62.7. The fraction of sp³-hybridized carbons (Fsp3) is 0.462. The Hall–Kier alpha value is -1.77. The first-order chi connectivity index (χ1) is 10.1. The molecule has 22 heavy (non-hydrogen) atoms. The minimum atomic E-state index is -4.80. The molecule has 5 nitrogen and oxygen atoms in total. The third-order valence-electron chi connectivity index (χ3n) is 3.15. The number of carbonyl (C=O) groups excluding carboxylic acids is 1. The van der Waals surface area contributed by atoms with Crippen LogP contribution in [0.3, 0.4) is 0 Å². The first-order valence-corrected chi connectivity index (χ1v) is 8.31. The summed E-state index contributed by atoms with van der Waals surface area (Å²) in [6, 6.07) is 4.91. The van der Waals surface area contributed by atoms with E-state index in [4.69, 9.17) is 0 Å². The summed E-state index contributed by atoms with van der Waals surface area (Å²) >= 11 is 0. The summed E-state index contributed by atoms with van der Waals surface area (Å²) in [6.07, 6.45) is -4.36. The molecule has 0 radical (unpaired) electrons. The largest absolute Gasteiger partial charge is 0.573 e. The molecule has 2 rings (SSSR count). The molecule has 1 aromatic carbocycles. The van der Waals surface area contributed by atoms with Gasteiger partial charge in [0.25, 0.3) is 0 Å². The van der Waals surface area contributed by atoms with E-state index in [0.29, 0.717) is 6.42 Å². The number of hydrogen-bond acceptors (Lipinski definition) is 4. The lowest BCUT2D eigenvalue weighted by atomic mass is 10.1. The number of ether oxygens (including phenoxy) is 1. The standard InChI is InChI=1S/C13H14F3NO4S/c14-13(15,16)21-11-3-1-2-10(7-11)17-12(18)6-9-4-5-22(19,20)8-9/h1-3,7,9H,4-6,8H2,(H,17,18). The van der Waals surface area contributed by atoms with Gasteiger partial charge in [-0.15, -0.1) is 13.2 Å². The summed E-state index contributed by atoms with van der Waals surface area (Å²) in [5.41, 5.74) is 0.160. The molecule has 122 valence electrons. The van der Waals surface area contributed by atoms with Crippen LogP contribution in [0.15, 0.2) is 24.3 Å². The SMILES string of the molecule is O=C(CC1CCS(=O)(=O)C1)Nc1cccc(OC(F)(F)F)c1. The first kappa shape index (κ1) is 16.6. The number of anilines is 1. The lowest BCUT2D eigenvalue weighted by Gasteiger charge is -2.11. The smallest absolute Gasteiger partial charge is 0.406 e. The van der Waals surface area contributed by atoms with Gasteiger partial charge in [-0.1, -0.05) is 6.07 Å². The fourth-order valence-corrected chi connectivity index (χ4v) is 4.14. The lowest BCUT2D eigenvalue weighted by Crippen LogP contribution is -2.18. The molecule has 1 heterocycles. The highest BCUT2D eigenvalue weighted by molar-refractivity contribution is 7.91. The lowest BCUT2D eigenvalue weighted by molar-refractivity contribution is -0.274. The third kappa shape index (κ3) is 5.21. The van der Waals surface area contributed by atoms with Gasteiger partial charge in [0.15, 0.2) is 9.84 Å². The van der Waals surface area contributed by atoms with Gasteiger partial charge >= 0.3 is 6.36 Å². The predicted octanol–water partition coefficient (Wildman–Crippen LogP) is 2.35. The van der Waals surface area contributed by atoms with Crippen LogP contribution in [0.4, 0.5) is 18.9 Å². The zero-order valence-electron chi connectivity index (χ0n) is 11.4. The number of amides is 1. The van der Waals surface area contributed by atoms with Gasteiger partial charge in [-0.2, -0.15) is 0 Å². The van der Waals surface area contributed by atoms with E-state index in [0.717, 1.165) is 12.1 Å². The van der Waals surface area contributed by atoms with Crippen molar-refractivity contribution >= 4 is 21.4 Å². The van der Waals surface area contributed by atoms with E-state index in [2.05, 4.69) is 10.1 Å². The van der Waals surface area contributed by atoms with Crippen LogP contribution in [0.5, 0.6) is 5.75 Å². The van der Waals surface area contributed by atoms with Gasteiger partial charge in [0.1, 0.15) is 5.75 Å². The Kier molecular flexibility index (Phi) is 4.64. The Morgan fingerprint density at radius 3 is 2.68 bits per heavy atom. The molecule has 0 aromatic heterocycles. The second kappa shape index (κ2) is 6.15. The van der Waals surface area contributed by atoms with Crippen LogP contribution >= 0.6 is 0 Å². The first-order valence-electron chi connectivity index (χ1n) is 6.49. The Morgan fingerprint density at radius 2 is 2.09 bits per heavy atom. The Labute approximate surface area is 125 Å². The maximum absolute atomic E-state index is 12.1. The second-order valence-electron chi connectivity index (χ2n) is 5.10. The Balaban J connectivity index is 1.93. The molecule has 1 aliphatic heterocycles. The van der Waals surface area contributed by atoms with Gasteiger partial charge in [0.2, 0.25) is 5.91 Å². The van der Waals surface area contributed by atoms with Crippen LogP contribution < -0.4 is 10.1 Å². The van der Waals surface area contributed by atoms with E-state index < -0.39 is 27.9 Å². The van der Waals surface area contributed by atoms with Gasteiger partial charge < -0.3 is 10.1 Å². The number of hydrogen-bond donors (Lipinski definition) is 1. The molecule has 1 fully saturated rings. The van der Waals surface area contributed by atoms with Gasteiger partial charge in [0.05, 0.1) is 11.5 Å². The van der Waals surface area contributed by atoms with Crippen molar-refractivity contribution in [3.8, 4) is 5.75 Å². The fourth-order valence-electron chi connectivity index (χ4n) is 2.28. The van der Waals surface area contributed by atoms with E-state index in [1.807, 2.05) is 0 Å². The number of halogens is 3. The molecular formula is C13H14F3NO4S. The van der Waals surface area contributed by atoms with Crippen molar-refractivity contribution in [3.63, 3.8) is 0 Å². The average molecular weight is 337 g/mol. The van der Waals surface area contributed by atoms with Crippen LogP contribution in [0, 0.1) is 5.92 Å². The van der Waals surface area contributed by atoms with Crippen molar-refractivity contribution in [2.45, 2.75) is 19.2 Å². The predicted molar refractivity (Wildman–Crippen MR) is 73.1 cm³/mol. The number of nitrogens with one attached hydrogen (secondary N) is 1. The molecule has 1 saturated heterocycles. The van der Waals surface area contributed by atoms with E-state index >= 15 is 0 Å². The van der Waals surface area contributed by atoms with Crippen LogP contribution in [0.25, 0.3) is 0 Å². The monoisotopic (exact) mass is 337 g/mol. The molecule has 1 aliphatic rings. The molecule has 0 bridgehead atoms. The highest BCUT2D eigenvalue weighted by atomic mass is 32.2. The second-order valence-corrected chi connectivity index (χ2v) is 7.33. The zero-order chi connectivity index (χ0) is 16.4. The molecule has 0 aliphatic carbocycles. The molecule has 9 heteroatoms. The number of alkyl halides is 3. The van der Waals surface area contributed by atoms with Crippen molar-refractivity contribution in [2.75, 3.05) is 16.8 Å². The summed E-state index contributed by atoms with van der Waals surface area (Å²) in [5.74, 6) is -1.09. The molecule has 1 atom stereocenters. The highest BCUT2D eigenvalue weighted by Gasteiger charge is 2.31. The minimum absolute atomic E-state index is 0.0174. The normalized spacial score (nSPS) is 20.6. The molecule has 1 N–H and O–H groups in total. The van der Waals surface area contributed by atoms with Gasteiger partial charge in [-0.25, -0.2) is 8.42 Å². The van der Waals surface area contributed by atoms with Gasteiger partial charge in [0, 0.05) is 18.2 Å². The van der Waals surface area contributed by atoms with E-state index in [-0.39, 0.29) is 29.5 Å². The summed E-state index contributed by atoms with van der Waals surface area (Å²) in [5, 5.41) is 2.44. The third-order valence-corrected chi connectivity index (χ3v) is 4.99. The van der Waals surface area contributed by atoms with E-state index in [1.165, 1.54) is 12.1 Å². The van der Waals surface area contributed by atoms with Crippen LogP contribution in [0.2, 0.25) is 0 Å². The molecule has 1 aromatic rings. The van der Waals surface area contributed by atoms with Crippen LogP contribution in [-0.2, 0) is 14.6 Å². The molecular weight excluding hydrogens is 323 g/mol. The summed E-state index contributed by atoms with van der Waals surface area (Å²) in [4.78, 5) is 11.8. The van der Waals surface area contributed by atoms with Crippen LogP contribution in [0.1, 0.15) is 12.8 Å². The van der Waals surface area contributed by atoms with E-state index in [1.54, 1.807) is 0 Å². The van der Waals surface area contributed by atoms with Crippen molar-refractivity contribution < 1.29 is 31.1 Å². The number of sulfone groups is 1. The summed E-state index contributed by atoms with van der Waals surface area (Å²) in [7, 11) is -3.07. The van der Waals surface area contributed by atoms with Crippen molar-refractivity contribution in [1.82, 2.24) is 0 Å². The number of benzene rings is 1. The average Bonchev–Trinajstić information content (AvgIpc) is 2.66. The topological polar surface area (TPSA) is 72.5 Å². The molecule has 0 saturated carbocycles. The molecule has 0 spiro atoms. The minimum Gasteiger partial charge on any atom is -0.406 e. The molecule has 1 amide bonds. The Morgan fingerprint density at radius 1 is 1.36 bits per heavy atom. The maximum atomic E-state index is 12.1. The van der Waals surface area contributed by atoms with Crippen molar-refractivity contribution in [1.29, 1.82) is 0 Å². The van der Waals surface area contributed by atoms with Crippen LogP contribution in [-0.4, -0.2) is 32.2 Å². The number of carbonyl (C=O) groups is 1. The van der Waals surface area contributed by atoms with Gasteiger partial charge in [-0.05, 0) is 24.5 Å². The quantitative estimate of drug-likeness (QED) is 0.915. The Bertz CT molecular complexity index is 657. The van der Waals surface area contributed by atoms with Crippen molar-refractivity contribution in [2.24, 2.45) is 5.92 Å².